The van der Waals surface area contributed by atoms with E-state index in [1.807, 2.05) is 0 Å². The SMILES string of the molecule is CNS(=O)(=O)c1cccc(CNC(=O)C(C)OCC2CCCCO2)c1. The maximum Gasteiger partial charge on any atom is 0.249 e. The lowest BCUT2D eigenvalue weighted by molar-refractivity contribution is -0.135. The van der Waals surface area contributed by atoms with Gasteiger partial charge in [-0.05, 0) is 50.9 Å². The van der Waals surface area contributed by atoms with Gasteiger partial charge in [-0.1, -0.05) is 12.1 Å². The molecule has 8 heteroatoms. The third-order valence-corrected chi connectivity index (χ3v) is 5.53. The lowest BCUT2D eigenvalue weighted by Gasteiger charge is -2.23. The molecule has 2 N–H and O–H groups in total. The number of amides is 1. The van der Waals surface area contributed by atoms with E-state index in [4.69, 9.17) is 9.47 Å². The number of hydrogen-bond donors (Lipinski definition) is 2. The molecule has 1 saturated heterocycles. The minimum atomic E-state index is -3.50. The lowest BCUT2D eigenvalue weighted by atomic mass is 10.1. The Balaban J connectivity index is 1.81. The summed E-state index contributed by atoms with van der Waals surface area (Å²) in [6.45, 7) is 3.09. The molecule has 0 radical (unpaired) electrons. The van der Waals surface area contributed by atoms with Crippen molar-refractivity contribution >= 4 is 15.9 Å². The van der Waals surface area contributed by atoms with Crippen molar-refractivity contribution in [1.29, 1.82) is 0 Å². The van der Waals surface area contributed by atoms with E-state index < -0.39 is 16.1 Å². The molecular formula is C17H26N2O5S. The molecule has 1 heterocycles. The van der Waals surface area contributed by atoms with E-state index in [1.54, 1.807) is 19.1 Å². The number of benzene rings is 1. The normalized spacial score (nSPS) is 19.4. The zero-order valence-electron chi connectivity index (χ0n) is 14.7. The van der Waals surface area contributed by atoms with Gasteiger partial charge in [-0.2, -0.15) is 0 Å². The fraction of sp³-hybridized carbons (Fsp3) is 0.588. The summed E-state index contributed by atoms with van der Waals surface area (Å²) in [4.78, 5) is 12.3. The Labute approximate surface area is 149 Å². The van der Waals surface area contributed by atoms with Gasteiger partial charge in [0.15, 0.2) is 0 Å². The van der Waals surface area contributed by atoms with E-state index in [0.29, 0.717) is 12.2 Å². The molecule has 0 spiro atoms. The summed E-state index contributed by atoms with van der Waals surface area (Å²) in [6.07, 6.45) is 2.64. The molecule has 0 aromatic heterocycles. The fourth-order valence-corrected chi connectivity index (χ4v) is 3.34. The predicted octanol–water partition coefficient (Wildman–Crippen LogP) is 1.19. The van der Waals surface area contributed by atoms with Gasteiger partial charge < -0.3 is 14.8 Å². The monoisotopic (exact) mass is 370 g/mol. The largest absolute Gasteiger partial charge is 0.376 e. The Hall–Kier alpha value is -1.48. The van der Waals surface area contributed by atoms with Gasteiger partial charge in [0, 0.05) is 13.2 Å². The minimum absolute atomic E-state index is 0.0624. The molecule has 1 aliphatic rings. The van der Waals surface area contributed by atoms with Crippen molar-refractivity contribution in [2.75, 3.05) is 20.3 Å². The van der Waals surface area contributed by atoms with Crippen molar-refractivity contribution in [2.24, 2.45) is 0 Å². The standard InChI is InChI=1S/C17H26N2O5S/c1-13(24-12-15-7-3-4-9-23-15)17(20)19-11-14-6-5-8-16(10-14)25(21,22)18-2/h5-6,8,10,13,15,18H,3-4,7,9,11-12H2,1-2H3,(H,19,20). The number of carbonyl (C=O) groups is 1. The molecule has 140 valence electrons. The lowest BCUT2D eigenvalue weighted by Crippen LogP contribution is -2.36. The van der Waals surface area contributed by atoms with Crippen LogP contribution in [0.2, 0.25) is 0 Å². The summed E-state index contributed by atoms with van der Waals surface area (Å²) in [5, 5.41) is 2.76. The third-order valence-electron chi connectivity index (χ3n) is 4.12. The second-order valence-corrected chi connectivity index (χ2v) is 7.92. The van der Waals surface area contributed by atoms with Crippen LogP contribution in [0.4, 0.5) is 0 Å². The molecule has 1 amide bonds. The van der Waals surface area contributed by atoms with Gasteiger partial charge in [0.05, 0.1) is 17.6 Å². The first-order chi connectivity index (χ1) is 11.9. The van der Waals surface area contributed by atoms with Gasteiger partial charge in [-0.15, -0.1) is 0 Å². The molecule has 1 fully saturated rings. The number of rotatable bonds is 8. The highest BCUT2D eigenvalue weighted by molar-refractivity contribution is 7.89. The van der Waals surface area contributed by atoms with Crippen molar-refractivity contribution in [3.8, 4) is 0 Å². The van der Waals surface area contributed by atoms with Gasteiger partial charge in [0.2, 0.25) is 15.9 Å². The molecule has 2 atom stereocenters. The maximum atomic E-state index is 12.1. The van der Waals surface area contributed by atoms with E-state index in [1.165, 1.54) is 19.2 Å². The first kappa shape index (κ1) is 19.8. The van der Waals surface area contributed by atoms with Gasteiger partial charge in [0.25, 0.3) is 0 Å². The molecule has 25 heavy (non-hydrogen) atoms. The van der Waals surface area contributed by atoms with Crippen LogP contribution in [0.3, 0.4) is 0 Å². The van der Waals surface area contributed by atoms with Crippen LogP contribution in [0.25, 0.3) is 0 Å². The smallest absolute Gasteiger partial charge is 0.249 e. The van der Waals surface area contributed by atoms with Crippen LogP contribution in [0, 0.1) is 0 Å². The Morgan fingerprint density at radius 2 is 2.20 bits per heavy atom. The quantitative estimate of drug-likeness (QED) is 0.717. The van der Waals surface area contributed by atoms with E-state index in [9.17, 15) is 13.2 Å². The number of sulfonamides is 1. The molecule has 0 aliphatic carbocycles. The summed E-state index contributed by atoms with van der Waals surface area (Å²) in [5.41, 5.74) is 0.701. The average Bonchev–Trinajstić information content (AvgIpc) is 2.65. The Morgan fingerprint density at radius 1 is 1.40 bits per heavy atom. The molecule has 1 aliphatic heterocycles. The Bertz CT molecular complexity index is 671. The van der Waals surface area contributed by atoms with Gasteiger partial charge in [0.1, 0.15) is 6.10 Å². The van der Waals surface area contributed by atoms with Crippen LogP contribution in [0.1, 0.15) is 31.7 Å². The summed E-state index contributed by atoms with van der Waals surface area (Å²) in [5.74, 6) is -0.238. The molecule has 2 unspecified atom stereocenters. The Kier molecular flexibility index (Phi) is 7.37. The summed E-state index contributed by atoms with van der Waals surface area (Å²) < 4.78 is 37.0. The van der Waals surface area contributed by atoms with E-state index >= 15 is 0 Å². The average molecular weight is 370 g/mol. The first-order valence-electron chi connectivity index (χ1n) is 8.46. The molecular weight excluding hydrogens is 344 g/mol. The molecule has 0 bridgehead atoms. The fourth-order valence-electron chi connectivity index (χ4n) is 2.54. The van der Waals surface area contributed by atoms with Crippen LogP contribution in [0.5, 0.6) is 0 Å². The van der Waals surface area contributed by atoms with Crippen molar-refractivity contribution in [2.45, 2.75) is 49.8 Å². The molecule has 2 rings (SSSR count). The topological polar surface area (TPSA) is 93.7 Å². The van der Waals surface area contributed by atoms with Gasteiger partial charge in [-0.3, -0.25) is 4.79 Å². The van der Waals surface area contributed by atoms with Crippen molar-refractivity contribution in [3.05, 3.63) is 29.8 Å². The van der Waals surface area contributed by atoms with Crippen LogP contribution >= 0.6 is 0 Å². The van der Waals surface area contributed by atoms with E-state index in [2.05, 4.69) is 10.0 Å². The van der Waals surface area contributed by atoms with Crippen molar-refractivity contribution < 1.29 is 22.7 Å². The zero-order chi connectivity index (χ0) is 18.3. The summed E-state index contributed by atoms with van der Waals surface area (Å²) >= 11 is 0. The molecule has 0 saturated carbocycles. The highest BCUT2D eigenvalue weighted by atomic mass is 32.2. The number of ether oxygens (including phenoxy) is 2. The van der Waals surface area contributed by atoms with Gasteiger partial charge >= 0.3 is 0 Å². The highest BCUT2D eigenvalue weighted by Crippen LogP contribution is 2.14. The van der Waals surface area contributed by atoms with Crippen LogP contribution < -0.4 is 10.0 Å². The zero-order valence-corrected chi connectivity index (χ0v) is 15.5. The van der Waals surface area contributed by atoms with E-state index in [0.717, 1.165) is 25.9 Å². The molecule has 7 nitrogen and oxygen atoms in total. The summed E-state index contributed by atoms with van der Waals surface area (Å²) in [6, 6.07) is 6.45. The van der Waals surface area contributed by atoms with Gasteiger partial charge in [-0.25, -0.2) is 13.1 Å². The van der Waals surface area contributed by atoms with Crippen LogP contribution in [0.15, 0.2) is 29.2 Å². The van der Waals surface area contributed by atoms with Crippen molar-refractivity contribution in [1.82, 2.24) is 10.0 Å². The summed E-state index contributed by atoms with van der Waals surface area (Å²) in [7, 11) is -2.14. The van der Waals surface area contributed by atoms with Crippen LogP contribution in [-0.2, 0) is 30.8 Å². The van der Waals surface area contributed by atoms with E-state index in [-0.39, 0.29) is 23.5 Å². The first-order valence-corrected chi connectivity index (χ1v) is 9.94. The molecule has 1 aromatic rings. The second kappa shape index (κ2) is 9.28. The van der Waals surface area contributed by atoms with Crippen molar-refractivity contribution in [3.63, 3.8) is 0 Å². The number of nitrogens with one attached hydrogen (secondary N) is 2. The Morgan fingerprint density at radius 3 is 2.88 bits per heavy atom. The second-order valence-electron chi connectivity index (χ2n) is 6.04. The predicted molar refractivity (Wildman–Crippen MR) is 93.5 cm³/mol. The minimum Gasteiger partial charge on any atom is -0.376 e. The number of hydrogen-bond acceptors (Lipinski definition) is 5. The third kappa shape index (κ3) is 6.07. The maximum absolute atomic E-state index is 12.1. The molecule has 1 aromatic carbocycles. The number of carbonyl (C=O) groups excluding carboxylic acids is 1. The highest BCUT2D eigenvalue weighted by Gasteiger charge is 2.19. The van der Waals surface area contributed by atoms with Crippen LogP contribution in [-0.4, -0.2) is 46.8 Å².